The highest BCUT2D eigenvalue weighted by Crippen LogP contribution is 2.14. The van der Waals surface area contributed by atoms with E-state index in [4.69, 9.17) is 9.26 Å². The van der Waals surface area contributed by atoms with Crippen LogP contribution in [0.5, 0.6) is 0 Å². The second kappa shape index (κ2) is 5.03. The summed E-state index contributed by atoms with van der Waals surface area (Å²) >= 11 is 0. The minimum atomic E-state index is -0.359. The van der Waals surface area contributed by atoms with Crippen LogP contribution in [-0.4, -0.2) is 27.5 Å². The van der Waals surface area contributed by atoms with E-state index >= 15 is 0 Å². The summed E-state index contributed by atoms with van der Waals surface area (Å²) in [6.45, 7) is 6.38. The molecule has 0 aliphatic rings. The first-order valence-corrected chi connectivity index (χ1v) is 5.73. The van der Waals surface area contributed by atoms with E-state index in [-0.39, 0.29) is 5.97 Å². The van der Waals surface area contributed by atoms with Crippen LogP contribution in [0.4, 0.5) is 0 Å². The molecule has 0 spiro atoms. The van der Waals surface area contributed by atoms with Crippen LogP contribution in [-0.2, 0) is 11.3 Å². The third-order valence-electron chi connectivity index (χ3n) is 2.65. The van der Waals surface area contributed by atoms with Crippen molar-refractivity contribution >= 4 is 5.97 Å². The molecule has 0 amide bonds. The van der Waals surface area contributed by atoms with Gasteiger partial charge in [0.05, 0.1) is 30.6 Å². The van der Waals surface area contributed by atoms with E-state index < -0.39 is 0 Å². The fourth-order valence-electron chi connectivity index (χ4n) is 1.66. The maximum atomic E-state index is 11.5. The van der Waals surface area contributed by atoms with Gasteiger partial charge in [-0.2, -0.15) is 5.10 Å². The lowest BCUT2D eigenvalue weighted by atomic mass is 10.2. The topological polar surface area (TPSA) is 70.2 Å². The first kappa shape index (κ1) is 12.3. The van der Waals surface area contributed by atoms with Crippen molar-refractivity contribution in [3.63, 3.8) is 0 Å². The van der Waals surface area contributed by atoms with E-state index in [1.807, 2.05) is 13.8 Å². The molecular weight excluding hydrogens is 234 g/mol. The third-order valence-corrected chi connectivity index (χ3v) is 2.65. The van der Waals surface area contributed by atoms with Gasteiger partial charge in [-0.3, -0.25) is 4.68 Å². The van der Waals surface area contributed by atoms with Crippen LogP contribution in [0.2, 0.25) is 0 Å². The van der Waals surface area contributed by atoms with Gasteiger partial charge in [0.25, 0.3) is 0 Å². The Balaban J connectivity index is 2.14. The van der Waals surface area contributed by atoms with Crippen LogP contribution in [0.25, 0.3) is 0 Å². The fraction of sp³-hybridized carbons (Fsp3) is 0.417. The summed E-state index contributed by atoms with van der Waals surface area (Å²) < 4.78 is 11.6. The lowest BCUT2D eigenvalue weighted by Crippen LogP contribution is -2.04. The Morgan fingerprint density at radius 1 is 1.50 bits per heavy atom. The number of rotatable bonds is 4. The van der Waals surface area contributed by atoms with E-state index in [0.717, 1.165) is 17.0 Å². The molecular formula is C12H15N3O3. The molecule has 0 bridgehead atoms. The molecule has 0 atom stereocenters. The van der Waals surface area contributed by atoms with Crippen molar-refractivity contribution in [1.29, 1.82) is 0 Å². The standard InChI is InChI=1S/C12H15N3O3/c1-4-17-12(16)10-5-13-15(6-10)7-11-8(2)14-18-9(11)3/h5-6H,4,7H2,1-3H3. The molecule has 96 valence electrons. The Morgan fingerprint density at radius 2 is 2.28 bits per heavy atom. The molecule has 2 heterocycles. The van der Waals surface area contributed by atoms with Gasteiger partial charge in [-0.1, -0.05) is 5.16 Å². The van der Waals surface area contributed by atoms with Gasteiger partial charge in [0, 0.05) is 11.8 Å². The highest BCUT2D eigenvalue weighted by atomic mass is 16.5. The zero-order chi connectivity index (χ0) is 13.1. The smallest absolute Gasteiger partial charge is 0.341 e. The average molecular weight is 249 g/mol. The number of hydrogen-bond acceptors (Lipinski definition) is 5. The van der Waals surface area contributed by atoms with Crippen LogP contribution in [0.1, 0.15) is 34.3 Å². The Morgan fingerprint density at radius 3 is 2.89 bits per heavy atom. The van der Waals surface area contributed by atoms with Gasteiger partial charge in [0.15, 0.2) is 0 Å². The molecule has 2 rings (SSSR count). The molecule has 2 aromatic rings. The Kier molecular flexibility index (Phi) is 3.45. The van der Waals surface area contributed by atoms with Crippen LogP contribution in [0.15, 0.2) is 16.9 Å². The van der Waals surface area contributed by atoms with Gasteiger partial charge in [-0.15, -0.1) is 0 Å². The number of aromatic nitrogens is 3. The number of esters is 1. The molecule has 6 nitrogen and oxygen atoms in total. The van der Waals surface area contributed by atoms with Crippen molar-refractivity contribution in [2.45, 2.75) is 27.3 Å². The van der Waals surface area contributed by atoms with Gasteiger partial charge in [-0.05, 0) is 20.8 Å². The maximum absolute atomic E-state index is 11.5. The maximum Gasteiger partial charge on any atom is 0.341 e. The lowest BCUT2D eigenvalue weighted by molar-refractivity contribution is 0.0526. The predicted octanol–water partition coefficient (Wildman–Crippen LogP) is 1.71. The van der Waals surface area contributed by atoms with E-state index in [1.54, 1.807) is 17.8 Å². The minimum Gasteiger partial charge on any atom is -0.462 e. The van der Waals surface area contributed by atoms with Crippen molar-refractivity contribution in [3.8, 4) is 0 Å². The first-order chi connectivity index (χ1) is 8.61. The van der Waals surface area contributed by atoms with Crippen molar-refractivity contribution in [1.82, 2.24) is 14.9 Å². The molecule has 0 aromatic carbocycles. The molecule has 0 aliphatic carbocycles. The monoisotopic (exact) mass is 249 g/mol. The number of carbonyl (C=O) groups is 1. The highest BCUT2D eigenvalue weighted by molar-refractivity contribution is 5.88. The van der Waals surface area contributed by atoms with Crippen molar-refractivity contribution < 1.29 is 14.1 Å². The summed E-state index contributed by atoms with van der Waals surface area (Å²) in [5.41, 5.74) is 2.26. The summed E-state index contributed by atoms with van der Waals surface area (Å²) in [5.74, 6) is 0.406. The molecule has 0 saturated heterocycles. The highest BCUT2D eigenvalue weighted by Gasteiger charge is 2.13. The number of carbonyl (C=O) groups excluding carboxylic acids is 1. The van der Waals surface area contributed by atoms with Gasteiger partial charge >= 0.3 is 5.97 Å². The average Bonchev–Trinajstić information content (AvgIpc) is 2.92. The summed E-state index contributed by atoms with van der Waals surface area (Å²) in [6.07, 6.45) is 3.15. The number of ether oxygens (including phenoxy) is 1. The fourth-order valence-corrected chi connectivity index (χ4v) is 1.66. The van der Waals surface area contributed by atoms with Crippen LogP contribution in [0.3, 0.4) is 0 Å². The van der Waals surface area contributed by atoms with Gasteiger partial charge in [-0.25, -0.2) is 4.79 Å². The molecule has 0 radical (unpaired) electrons. The molecule has 18 heavy (non-hydrogen) atoms. The summed E-state index contributed by atoms with van der Waals surface area (Å²) in [6, 6.07) is 0. The third kappa shape index (κ3) is 2.42. The molecule has 0 unspecified atom stereocenters. The van der Waals surface area contributed by atoms with Gasteiger partial charge in [0.2, 0.25) is 0 Å². The van der Waals surface area contributed by atoms with Crippen LogP contribution >= 0.6 is 0 Å². The molecule has 0 N–H and O–H groups in total. The van der Waals surface area contributed by atoms with Crippen LogP contribution in [0, 0.1) is 13.8 Å². The van der Waals surface area contributed by atoms with Gasteiger partial charge in [0.1, 0.15) is 5.76 Å². The Hall–Kier alpha value is -2.11. The van der Waals surface area contributed by atoms with Crippen molar-refractivity contribution in [2.75, 3.05) is 6.61 Å². The SMILES string of the molecule is CCOC(=O)c1cnn(Cc2c(C)noc2C)c1. The normalized spacial score (nSPS) is 10.6. The lowest BCUT2D eigenvalue weighted by Gasteiger charge is -2.00. The van der Waals surface area contributed by atoms with Crippen LogP contribution < -0.4 is 0 Å². The predicted molar refractivity (Wildman–Crippen MR) is 63.3 cm³/mol. The molecule has 0 aliphatic heterocycles. The van der Waals surface area contributed by atoms with Crippen molar-refractivity contribution in [3.05, 3.63) is 35.0 Å². The largest absolute Gasteiger partial charge is 0.462 e. The zero-order valence-electron chi connectivity index (χ0n) is 10.6. The number of hydrogen-bond donors (Lipinski definition) is 0. The summed E-state index contributed by atoms with van der Waals surface area (Å²) in [7, 11) is 0. The molecule has 0 fully saturated rings. The second-order valence-corrected chi connectivity index (χ2v) is 3.95. The molecule has 6 heteroatoms. The van der Waals surface area contributed by atoms with E-state index in [0.29, 0.717) is 18.7 Å². The first-order valence-electron chi connectivity index (χ1n) is 5.73. The second-order valence-electron chi connectivity index (χ2n) is 3.95. The van der Waals surface area contributed by atoms with Crippen molar-refractivity contribution in [2.24, 2.45) is 0 Å². The van der Waals surface area contributed by atoms with E-state index in [2.05, 4.69) is 10.3 Å². The quantitative estimate of drug-likeness (QED) is 0.771. The summed E-state index contributed by atoms with van der Waals surface area (Å²) in [4.78, 5) is 11.5. The molecule has 2 aromatic heterocycles. The Labute approximate surface area is 105 Å². The Bertz CT molecular complexity index is 537. The number of nitrogens with zero attached hydrogens (tertiary/aromatic N) is 3. The van der Waals surface area contributed by atoms with E-state index in [1.165, 1.54) is 6.20 Å². The van der Waals surface area contributed by atoms with Gasteiger partial charge < -0.3 is 9.26 Å². The summed E-state index contributed by atoms with van der Waals surface area (Å²) in [5, 5.41) is 8.00. The zero-order valence-corrected chi connectivity index (χ0v) is 10.6. The molecule has 0 saturated carbocycles. The van der Waals surface area contributed by atoms with E-state index in [9.17, 15) is 4.79 Å². The minimum absolute atomic E-state index is 0.355. The number of aryl methyl sites for hydroxylation is 2.